The first kappa shape index (κ1) is 12.9. The number of fused-ring (bicyclic) bond motifs is 1. The van der Waals surface area contributed by atoms with Gasteiger partial charge in [0.1, 0.15) is 11.6 Å². The highest BCUT2D eigenvalue weighted by molar-refractivity contribution is 5.21. The molecule has 104 valence electrons. The summed E-state index contributed by atoms with van der Waals surface area (Å²) in [6.07, 6.45) is 1.03. The quantitative estimate of drug-likeness (QED) is 0.820. The number of ether oxygens (including phenoxy) is 1. The summed E-state index contributed by atoms with van der Waals surface area (Å²) in [6.45, 7) is 6.65. The molecule has 1 aromatic carbocycles. The van der Waals surface area contributed by atoms with Crippen LogP contribution in [0.4, 0.5) is 4.39 Å². The van der Waals surface area contributed by atoms with Gasteiger partial charge in [0.2, 0.25) is 0 Å². The molecule has 3 rings (SSSR count). The van der Waals surface area contributed by atoms with Gasteiger partial charge in [-0.05, 0) is 55.6 Å². The van der Waals surface area contributed by atoms with E-state index in [4.69, 9.17) is 4.74 Å². The lowest BCUT2D eigenvalue weighted by molar-refractivity contribution is 0.254. The number of likely N-dealkylation sites (tertiary alicyclic amines) is 1. The summed E-state index contributed by atoms with van der Waals surface area (Å²) in [5.41, 5.74) is 0. The van der Waals surface area contributed by atoms with E-state index in [2.05, 4.69) is 10.2 Å². The molecule has 1 aromatic rings. The van der Waals surface area contributed by atoms with Crippen LogP contribution in [0, 0.1) is 17.7 Å². The predicted octanol–water partition coefficient (Wildman–Crippen LogP) is 1.75. The fraction of sp³-hybridized carbons (Fsp3) is 0.600. The maximum atomic E-state index is 12.7. The average molecular weight is 264 g/mol. The molecule has 2 aliphatic heterocycles. The number of rotatable bonds is 5. The highest BCUT2D eigenvalue weighted by Crippen LogP contribution is 2.26. The smallest absolute Gasteiger partial charge is 0.123 e. The second kappa shape index (κ2) is 5.88. The Morgan fingerprint density at radius 3 is 2.53 bits per heavy atom. The van der Waals surface area contributed by atoms with Gasteiger partial charge in [0.05, 0.1) is 6.61 Å². The molecule has 2 heterocycles. The maximum Gasteiger partial charge on any atom is 0.123 e. The van der Waals surface area contributed by atoms with E-state index < -0.39 is 0 Å². The van der Waals surface area contributed by atoms with Gasteiger partial charge in [0, 0.05) is 19.6 Å². The van der Waals surface area contributed by atoms with Crippen molar-refractivity contribution in [1.29, 1.82) is 0 Å². The van der Waals surface area contributed by atoms with Crippen LogP contribution < -0.4 is 10.1 Å². The average Bonchev–Trinajstić information content (AvgIpc) is 2.97. The standard InChI is InChI=1S/C15H21FN2O/c16-14-2-4-15(5-3-14)19-7-1-6-18-10-12-8-17-9-13(12)11-18/h2-5,12-13,17H,1,6-11H2. The van der Waals surface area contributed by atoms with Crippen molar-refractivity contribution in [2.45, 2.75) is 6.42 Å². The molecule has 0 spiro atoms. The molecule has 4 heteroatoms. The number of hydrogen-bond acceptors (Lipinski definition) is 3. The molecule has 0 saturated carbocycles. The predicted molar refractivity (Wildman–Crippen MR) is 72.8 cm³/mol. The Balaban J connectivity index is 1.34. The zero-order valence-electron chi connectivity index (χ0n) is 11.1. The first-order chi connectivity index (χ1) is 9.31. The van der Waals surface area contributed by atoms with Crippen molar-refractivity contribution in [3.8, 4) is 5.75 Å². The number of nitrogens with zero attached hydrogens (tertiary/aromatic N) is 1. The van der Waals surface area contributed by atoms with E-state index in [9.17, 15) is 4.39 Å². The topological polar surface area (TPSA) is 24.5 Å². The number of halogens is 1. The lowest BCUT2D eigenvalue weighted by atomic mass is 10.0. The molecular formula is C15H21FN2O. The van der Waals surface area contributed by atoms with Crippen molar-refractivity contribution in [2.24, 2.45) is 11.8 Å². The van der Waals surface area contributed by atoms with Crippen molar-refractivity contribution in [1.82, 2.24) is 10.2 Å². The van der Waals surface area contributed by atoms with E-state index in [0.717, 1.165) is 30.6 Å². The molecular weight excluding hydrogens is 243 g/mol. The zero-order chi connectivity index (χ0) is 13.1. The van der Waals surface area contributed by atoms with Gasteiger partial charge in [-0.2, -0.15) is 0 Å². The first-order valence-electron chi connectivity index (χ1n) is 7.13. The molecule has 0 bridgehead atoms. The minimum absolute atomic E-state index is 0.218. The van der Waals surface area contributed by atoms with Crippen molar-refractivity contribution in [2.75, 3.05) is 39.3 Å². The highest BCUT2D eigenvalue weighted by Gasteiger charge is 2.35. The van der Waals surface area contributed by atoms with Crippen LogP contribution in [-0.4, -0.2) is 44.2 Å². The Morgan fingerprint density at radius 2 is 1.84 bits per heavy atom. The summed E-state index contributed by atoms with van der Waals surface area (Å²) in [4.78, 5) is 2.55. The van der Waals surface area contributed by atoms with Gasteiger partial charge >= 0.3 is 0 Å². The van der Waals surface area contributed by atoms with E-state index in [0.29, 0.717) is 6.61 Å². The lowest BCUT2D eigenvalue weighted by Gasteiger charge is -2.16. The van der Waals surface area contributed by atoms with Gasteiger partial charge in [0.15, 0.2) is 0 Å². The fourth-order valence-electron chi connectivity index (χ4n) is 3.14. The zero-order valence-corrected chi connectivity index (χ0v) is 11.1. The Hall–Kier alpha value is -1.13. The second-order valence-electron chi connectivity index (χ2n) is 5.59. The molecule has 2 fully saturated rings. The molecule has 2 unspecified atom stereocenters. The Bertz CT molecular complexity index is 397. The van der Waals surface area contributed by atoms with E-state index in [1.54, 1.807) is 12.1 Å². The van der Waals surface area contributed by atoms with E-state index in [1.807, 2.05) is 0 Å². The summed E-state index contributed by atoms with van der Waals surface area (Å²) in [5, 5.41) is 3.46. The third-order valence-corrected chi connectivity index (χ3v) is 4.17. The Labute approximate surface area is 113 Å². The van der Waals surface area contributed by atoms with Crippen LogP contribution in [0.5, 0.6) is 5.75 Å². The Kier molecular flexibility index (Phi) is 3.99. The SMILES string of the molecule is Fc1ccc(OCCCN2CC3CNCC3C2)cc1. The van der Waals surface area contributed by atoms with Crippen molar-refractivity contribution >= 4 is 0 Å². The second-order valence-corrected chi connectivity index (χ2v) is 5.59. The number of benzene rings is 1. The molecule has 1 N–H and O–H groups in total. The van der Waals surface area contributed by atoms with E-state index >= 15 is 0 Å². The van der Waals surface area contributed by atoms with E-state index in [1.165, 1.54) is 38.3 Å². The van der Waals surface area contributed by atoms with Gasteiger partial charge in [-0.15, -0.1) is 0 Å². The van der Waals surface area contributed by atoms with Crippen molar-refractivity contribution < 1.29 is 9.13 Å². The molecule has 2 saturated heterocycles. The van der Waals surface area contributed by atoms with Gasteiger partial charge < -0.3 is 15.0 Å². The van der Waals surface area contributed by atoms with E-state index in [-0.39, 0.29) is 5.82 Å². The molecule has 2 aliphatic rings. The molecule has 0 radical (unpaired) electrons. The summed E-state index contributed by atoms with van der Waals surface area (Å²) >= 11 is 0. The molecule has 0 aromatic heterocycles. The van der Waals surface area contributed by atoms with Gasteiger partial charge in [0.25, 0.3) is 0 Å². The van der Waals surface area contributed by atoms with Crippen LogP contribution >= 0.6 is 0 Å². The van der Waals surface area contributed by atoms with Crippen molar-refractivity contribution in [3.63, 3.8) is 0 Å². The molecule has 2 atom stereocenters. The number of hydrogen-bond donors (Lipinski definition) is 1. The van der Waals surface area contributed by atoms with Crippen LogP contribution in [-0.2, 0) is 0 Å². The lowest BCUT2D eigenvalue weighted by Crippen LogP contribution is -2.27. The third kappa shape index (κ3) is 3.25. The summed E-state index contributed by atoms with van der Waals surface area (Å²) < 4.78 is 18.3. The molecule has 0 aliphatic carbocycles. The van der Waals surface area contributed by atoms with Gasteiger partial charge in [-0.1, -0.05) is 0 Å². The summed E-state index contributed by atoms with van der Waals surface area (Å²) in [5.74, 6) is 2.25. The summed E-state index contributed by atoms with van der Waals surface area (Å²) in [6, 6.07) is 6.23. The highest BCUT2D eigenvalue weighted by atomic mass is 19.1. The third-order valence-electron chi connectivity index (χ3n) is 4.17. The maximum absolute atomic E-state index is 12.7. The summed E-state index contributed by atoms with van der Waals surface area (Å²) in [7, 11) is 0. The van der Waals surface area contributed by atoms with Gasteiger partial charge in [-0.3, -0.25) is 0 Å². The normalized spacial score (nSPS) is 26.6. The van der Waals surface area contributed by atoms with Gasteiger partial charge in [-0.25, -0.2) is 4.39 Å². The fourth-order valence-corrected chi connectivity index (χ4v) is 3.14. The van der Waals surface area contributed by atoms with Crippen LogP contribution in [0.1, 0.15) is 6.42 Å². The van der Waals surface area contributed by atoms with Crippen LogP contribution in [0.25, 0.3) is 0 Å². The van der Waals surface area contributed by atoms with Crippen LogP contribution in [0.2, 0.25) is 0 Å². The van der Waals surface area contributed by atoms with Crippen molar-refractivity contribution in [3.05, 3.63) is 30.1 Å². The largest absolute Gasteiger partial charge is 0.494 e. The minimum atomic E-state index is -0.218. The van der Waals surface area contributed by atoms with Crippen LogP contribution in [0.15, 0.2) is 24.3 Å². The van der Waals surface area contributed by atoms with Crippen LogP contribution in [0.3, 0.4) is 0 Å². The first-order valence-corrected chi connectivity index (χ1v) is 7.13. The molecule has 0 amide bonds. The molecule has 3 nitrogen and oxygen atoms in total. The number of nitrogens with one attached hydrogen (secondary N) is 1. The minimum Gasteiger partial charge on any atom is -0.494 e. The molecule has 19 heavy (non-hydrogen) atoms. The Morgan fingerprint density at radius 1 is 1.16 bits per heavy atom. The monoisotopic (exact) mass is 264 g/mol.